The fourth-order valence-corrected chi connectivity index (χ4v) is 1.94. The maximum Gasteiger partial charge on any atom is 0.417 e. The average molecular weight is 266 g/mol. The zero-order valence-corrected chi connectivity index (χ0v) is 9.65. The van der Waals surface area contributed by atoms with Gasteiger partial charge in [-0.05, 0) is 6.07 Å². The summed E-state index contributed by atoms with van der Waals surface area (Å²) in [6.45, 7) is 2.71. The molecule has 2 rings (SSSR count). The Hall–Kier alpha value is -1.01. The summed E-state index contributed by atoms with van der Waals surface area (Å²) in [6.07, 6.45) is -3.63. The van der Waals surface area contributed by atoms with E-state index in [1.54, 1.807) is 4.90 Å². The SMILES string of the molecule is FC(F)(F)c1cnc(Cl)c(N2CCNCC2)c1. The highest BCUT2D eigenvalue weighted by atomic mass is 35.5. The van der Waals surface area contributed by atoms with Gasteiger partial charge >= 0.3 is 6.18 Å². The Kier molecular flexibility index (Phi) is 3.44. The Morgan fingerprint density at radius 2 is 1.94 bits per heavy atom. The lowest BCUT2D eigenvalue weighted by atomic mass is 10.2. The largest absolute Gasteiger partial charge is 0.417 e. The van der Waals surface area contributed by atoms with E-state index in [4.69, 9.17) is 11.6 Å². The van der Waals surface area contributed by atoms with Crippen LogP contribution in [0.2, 0.25) is 5.15 Å². The minimum atomic E-state index is -4.39. The maximum absolute atomic E-state index is 12.6. The number of rotatable bonds is 1. The second kappa shape index (κ2) is 4.70. The van der Waals surface area contributed by atoms with Crippen LogP contribution in [0.1, 0.15) is 5.56 Å². The van der Waals surface area contributed by atoms with Crippen LogP contribution in [-0.4, -0.2) is 31.2 Å². The Balaban J connectivity index is 2.31. The normalized spacial score (nSPS) is 17.3. The van der Waals surface area contributed by atoms with Gasteiger partial charge in [0, 0.05) is 32.4 Å². The summed E-state index contributed by atoms with van der Waals surface area (Å²) in [6, 6.07) is 1.06. The van der Waals surface area contributed by atoms with Crippen molar-refractivity contribution in [1.82, 2.24) is 10.3 Å². The molecule has 1 fully saturated rings. The number of hydrogen-bond donors (Lipinski definition) is 1. The van der Waals surface area contributed by atoms with Crippen molar-refractivity contribution in [3.8, 4) is 0 Å². The van der Waals surface area contributed by atoms with Gasteiger partial charge in [-0.25, -0.2) is 4.98 Å². The molecule has 0 amide bonds. The molecule has 3 nitrogen and oxygen atoms in total. The van der Waals surface area contributed by atoms with Gasteiger partial charge in [0.1, 0.15) is 0 Å². The molecule has 94 valence electrons. The van der Waals surface area contributed by atoms with E-state index in [2.05, 4.69) is 10.3 Å². The molecule has 0 atom stereocenters. The van der Waals surface area contributed by atoms with E-state index in [-0.39, 0.29) is 5.15 Å². The number of hydrogen-bond acceptors (Lipinski definition) is 3. The maximum atomic E-state index is 12.6. The first-order chi connectivity index (χ1) is 7.98. The minimum absolute atomic E-state index is 0.111. The van der Waals surface area contributed by atoms with Crippen LogP contribution in [0.3, 0.4) is 0 Å². The molecule has 1 aliphatic heterocycles. The van der Waals surface area contributed by atoms with Gasteiger partial charge in [-0.2, -0.15) is 13.2 Å². The molecule has 1 N–H and O–H groups in total. The molecule has 17 heavy (non-hydrogen) atoms. The van der Waals surface area contributed by atoms with Crippen LogP contribution in [0.15, 0.2) is 12.3 Å². The van der Waals surface area contributed by atoms with Crippen LogP contribution in [0.4, 0.5) is 18.9 Å². The van der Waals surface area contributed by atoms with Crippen LogP contribution in [0, 0.1) is 0 Å². The highest BCUT2D eigenvalue weighted by Gasteiger charge is 2.32. The van der Waals surface area contributed by atoms with Gasteiger partial charge in [0.15, 0.2) is 5.15 Å². The molecule has 0 saturated carbocycles. The summed E-state index contributed by atoms with van der Waals surface area (Å²) >= 11 is 5.84. The first-order valence-electron chi connectivity index (χ1n) is 5.17. The highest BCUT2D eigenvalue weighted by Crippen LogP contribution is 2.33. The molecule has 1 saturated heterocycles. The van der Waals surface area contributed by atoms with Gasteiger partial charge in [-0.15, -0.1) is 0 Å². The fraction of sp³-hybridized carbons (Fsp3) is 0.500. The second-order valence-corrected chi connectivity index (χ2v) is 4.13. The third-order valence-electron chi connectivity index (χ3n) is 2.61. The van der Waals surface area contributed by atoms with E-state index in [9.17, 15) is 13.2 Å². The number of piperazine rings is 1. The van der Waals surface area contributed by atoms with Crippen molar-refractivity contribution in [2.45, 2.75) is 6.18 Å². The molecule has 1 aliphatic rings. The summed E-state index contributed by atoms with van der Waals surface area (Å²) in [5.41, 5.74) is -0.418. The minimum Gasteiger partial charge on any atom is -0.366 e. The first-order valence-corrected chi connectivity index (χ1v) is 5.54. The Morgan fingerprint density at radius 1 is 1.29 bits per heavy atom. The summed E-state index contributed by atoms with van der Waals surface area (Å²) in [7, 11) is 0. The van der Waals surface area contributed by atoms with E-state index < -0.39 is 11.7 Å². The summed E-state index contributed by atoms with van der Waals surface area (Å²) in [4.78, 5) is 5.41. The van der Waals surface area contributed by atoms with Crippen LogP contribution >= 0.6 is 11.6 Å². The van der Waals surface area contributed by atoms with Crippen LogP contribution in [0.5, 0.6) is 0 Å². The van der Waals surface area contributed by atoms with Gasteiger partial charge in [-0.3, -0.25) is 0 Å². The third-order valence-corrected chi connectivity index (χ3v) is 2.90. The summed E-state index contributed by atoms with van der Waals surface area (Å²) < 4.78 is 37.7. The van der Waals surface area contributed by atoms with Crippen molar-refractivity contribution in [3.63, 3.8) is 0 Å². The van der Waals surface area contributed by atoms with E-state index in [0.717, 1.165) is 25.4 Å². The van der Waals surface area contributed by atoms with E-state index in [0.29, 0.717) is 18.8 Å². The molecule has 0 aromatic carbocycles. The number of nitrogens with one attached hydrogen (secondary N) is 1. The van der Waals surface area contributed by atoms with Crippen molar-refractivity contribution in [2.24, 2.45) is 0 Å². The Bertz CT molecular complexity index is 402. The molecule has 0 unspecified atom stereocenters. The van der Waals surface area contributed by atoms with Crippen molar-refractivity contribution in [2.75, 3.05) is 31.1 Å². The van der Waals surface area contributed by atoms with Crippen LogP contribution in [-0.2, 0) is 6.18 Å². The lowest BCUT2D eigenvalue weighted by molar-refractivity contribution is -0.137. The highest BCUT2D eigenvalue weighted by molar-refractivity contribution is 6.32. The first kappa shape index (κ1) is 12.4. The van der Waals surface area contributed by atoms with Crippen molar-refractivity contribution >= 4 is 17.3 Å². The number of anilines is 1. The van der Waals surface area contributed by atoms with Crippen molar-refractivity contribution in [3.05, 3.63) is 23.0 Å². The number of pyridine rings is 1. The average Bonchev–Trinajstić information content (AvgIpc) is 2.29. The predicted octanol–water partition coefficient (Wildman–Crippen LogP) is 2.16. The summed E-state index contributed by atoms with van der Waals surface area (Å²) in [5.74, 6) is 0. The zero-order chi connectivity index (χ0) is 12.5. The summed E-state index contributed by atoms with van der Waals surface area (Å²) in [5, 5.41) is 3.23. The molecular weight excluding hydrogens is 255 g/mol. The zero-order valence-electron chi connectivity index (χ0n) is 8.89. The standard InChI is InChI=1S/C10H11ClF3N3/c11-9-8(17-3-1-15-2-4-17)5-7(6-16-9)10(12,13)14/h5-6,15H,1-4H2. The lowest BCUT2D eigenvalue weighted by Crippen LogP contribution is -2.43. The smallest absolute Gasteiger partial charge is 0.366 e. The number of alkyl halides is 3. The van der Waals surface area contributed by atoms with Gasteiger partial charge < -0.3 is 10.2 Å². The van der Waals surface area contributed by atoms with Gasteiger partial charge in [0.2, 0.25) is 0 Å². The number of nitrogens with zero attached hydrogens (tertiary/aromatic N) is 2. The number of aromatic nitrogens is 1. The molecule has 0 radical (unpaired) electrons. The van der Waals surface area contributed by atoms with Crippen LogP contribution in [0.25, 0.3) is 0 Å². The molecule has 0 bridgehead atoms. The topological polar surface area (TPSA) is 28.2 Å². The number of halogens is 4. The molecule has 0 aliphatic carbocycles. The van der Waals surface area contributed by atoms with E-state index in [1.807, 2.05) is 0 Å². The van der Waals surface area contributed by atoms with E-state index >= 15 is 0 Å². The molecule has 1 aromatic heterocycles. The Labute approximate surface area is 102 Å². The second-order valence-electron chi connectivity index (χ2n) is 3.77. The van der Waals surface area contributed by atoms with Crippen molar-refractivity contribution < 1.29 is 13.2 Å². The lowest BCUT2D eigenvalue weighted by Gasteiger charge is -2.30. The van der Waals surface area contributed by atoms with Gasteiger partial charge in [-0.1, -0.05) is 11.6 Å². The van der Waals surface area contributed by atoms with Gasteiger partial charge in [0.05, 0.1) is 11.3 Å². The predicted molar refractivity (Wildman–Crippen MR) is 59.3 cm³/mol. The third kappa shape index (κ3) is 2.81. The van der Waals surface area contributed by atoms with Crippen molar-refractivity contribution in [1.29, 1.82) is 0 Å². The molecular formula is C10H11ClF3N3. The monoisotopic (exact) mass is 265 g/mol. The Morgan fingerprint density at radius 3 is 2.53 bits per heavy atom. The molecule has 2 heterocycles. The molecule has 0 spiro atoms. The van der Waals surface area contributed by atoms with Crippen LogP contribution < -0.4 is 10.2 Å². The molecule has 7 heteroatoms. The van der Waals surface area contributed by atoms with E-state index in [1.165, 1.54) is 0 Å². The quantitative estimate of drug-likeness (QED) is 0.789. The fourth-order valence-electron chi connectivity index (χ4n) is 1.72. The van der Waals surface area contributed by atoms with Gasteiger partial charge in [0.25, 0.3) is 0 Å². The molecule has 1 aromatic rings.